The minimum atomic E-state index is -0.187. The predicted molar refractivity (Wildman–Crippen MR) is 134 cm³/mol. The van der Waals surface area contributed by atoms with Crippen LogP contribution in [0.25, 0.3) is 16.6 Å². The second-order valence-corrected chi connectivity index (χ2v) is 9.19. The van der Waals surface area contributed by atoms with Crippen LogP contribution < -0.4 is 10.2 Å². The number of aromatic nitrogens is 4. The highest BCUT2D eigenvalue weighted by atomic mass is 16.1. The van der Waals surface area contributed by atoms with Crippen molar-refractivity contribution in [2.75, 3.05) is 38.1 Å². The largest absolute Gasteiger partial charge is 0.361 e. The third-order valence-corrected chi connectivity index (χ3v) is 7.09. The summed E-state index contributed by atoms with van der Waals surface area (Å²) in [6.07, 6.45) is 8.49. The molecular formula is C26H31N7O. The number of hydrogen-bond acceptors (Lipinski definition) is 5. The fourth-order valence-electron chi connectivity index (χ4n) is 5.15. The molecule has 0 bridgehead atoms. The van der Waals surface area contributed by atoms with E-state index in [0.29, 0.717) is 0 Å². The maximum Gasteiger partial charge on any atom is 0.213 e. The Balaban J connectivity index is 1.34. The van der Waals surface area contributed by atoms with Crippen LogP contribution in [0.4, 0.5) is 5.69 Å². The van der Waals surface area contributed by atoms with E-state index in [4.69, 9.17) is 0 Å². The molecule has 0 radical (unpaired) electrons. The number of carbonyl (C=O) groups excluding carboxylic acids is 1. The summed E-state index contributed by atoms with van der Waals surface area (Å²) >= 11 is 0. The smallest absolute Gasteiger partial charge is 0.213 e. The van der Waals surface area contributed by atoms with Crippen molar-refractivity contribution >= 4 is 23.0 Å². The standard InChI is InChI=1S/C26H31N7O/c1-26(23-7-3-4-8-25(23)31(2)19-34)16-27-11-13-33(26)12-5-6-20-15-28-24-10-9-21(14-22(20)24)32-17-29-30-18-32/h3-4,7-10,14-15,17-19,27-28H,5-6,11-13,16H2,1-2H3. The van der Waals surface area contributed by atoms with Gasteiger partial charge in [-0.05, 0) is 61.7 Å². The molecule has 8 nitrogen and oxygen atoms in total. The van der Waals surface area contributed by atoms with Crippen LogP contribution in [0.3, 0.4) is 0 Å². The van der Waals surface area contributed by atoms with Crippen molar-refractivity contribution in [3.63, 3.8) is 0 Å². The van der Waals surface area contributed by atoms with Crippen molar-refractivity contribution in [3.8, 4) is 5.69 Å². The number of H-pyrrole nitrogens is 1. The first-order valence-corrected chi connectivity index (χ1v) is 11.8. The van der Waals surface area contributed by atoms with Crippen LogP contribution in [0.2, 0.25) is 0 Å². The number of nitrogens with zero attached hydrogens (tertiary/aromatic N) is 5. The van der Waals surface area contributed by atoms with Gasteiger partial charge in [0.15, 0.2) is 0 Å². The predicted octanol–water partition coefficient (Wildman–Crippen LogP) is 3.09. The summed E-state index contributed by atoms with van der Waals surface area (Å²) in [6.45, 7) is 6.06. The molecule has 3 heterocycles. The molecule has 2 N–H and O–H groups in total. The number of hydrogen-bond donors (Lipinski definition) is 2. The number of para-hydroxylation sites is 1. The van der Waals surface area contributed by atoms with E-state index in [1.807, 2.05) is 23.7 Å². The van der Waals surface area contributed by atoms with Gasteiger partial charge in [-0.15, -0.1) is 10.2 Å². The van der Waals surface area contributed by atoms with Crippen molar-refractivity contribution in [3.05, 3.63) is 72.4 Å². The van der Waals surface area contributed by atoms with Gasteiger partial charge in [-0.2, -0.15) is 0 Å². The Morgan fingerprint density at radius 1 is 1.18 bits per heavy atom. The number of carbonyl (C=O) groups is 1. The van der Waals surface area contributed by atoms with E-state index in [2.05, 4.69) is 68.9 Å². The van der Waals surface area contributed by atoms with Crippen LogP contribution >= 0.6 is 0 Å². The van der Waals surface area contributed by atoms with Gasteiger partial charge in [-0.25, -0.2) is 0 Å². The highest BCUT2D eigenvalue weighted by molar-refractivity contribution is 5.85. The lowest BCUT2D eigenvalue weighted by molar-refractivity contribution is -0.107. The van der Waals surface area contributed by atoms with E-state index < -0.39 is 0 Å². The minimum absolute atomic E-state index is 0.187. The van der Waals surface area contributed by atoms with Crippen LogP contribution in [0.1, 0.15) is 24.5 Å². The molecule has 34 heavy (non-hydrogen) atoms. The molecule has 0 spiro atoms. The van der Waals surface area contributed by atoms with Crippen LogP contribution in [-0.4, -0.2) is 64.3 Å². The third kappa shape index (κ3) is 4.10. The zero-order chi connectivity index (χ0) is 23.5. The topological polar surface area (TPSA) is 82.1 Å². The number of benzene rings is 2. The summed E-state index contributed by atoms with van der Waals surface area (Å²) in [7, 11) is 1.82. The lowest BCUT2D eigenvalue weighted by Crippen LogP contribution is -2.58. The first kappa shape index (κ1) is 22.3. The van der Waals surface area contributed by atoms with Crippen LogP contribution in [0.5, 0.6) is 0 Å². The van der Waals surface area contributed by atoms with Crippen molar-refractivity contribution < 1.29 is 4.79 Å². The zero-order valence-electron chi connectivity index (χ0n) is 19.7. The molecule has 8 heteroatoms. The third-order valence-electron chi connectivity index (χ3n) is 7.09. The average molecular weight is 458 g/mol. The molecule has 1 unspecified atom stereocenters. The Morgan fingerprint density at radius 2 is 2.00 bits per heavy atom. The minimum Gasteiger partial charge on any atom is -0.361 e. The van der Waals surface area contributed by atoms with E-state index in [9.17, 15) is 4.79 Å². The van der Waals surface area contributed by atoms with E-state index in [-0.39, 0.29) is 5.54 Å². The molecule has 1 amide bonds. The van der Waals surface area contributed by atoms with Gasteiger partial charge in [0.05, 0.1) is 5.54 Å². The van der Waals surface area contributed by atoms with Crippen molar-refractivity contribution in [2.24, 2.45) is 0 Å². The maximum atomic E-state index is 11.5. The number of anilines is 1. The van der Waals surface area contributed by atoms with Gasteiger partial charge < -0.3 is 15.2 Å². The first-order valence-electron chi connectivity index (χ1n) is 11.8. The maximum absolute atomic E-state index is 11.5. The second kappa shape index (κ2) is 9.40. The molecule has 4 aromatic rings. The molecule has 176 valence electrons. The average Bonchev–Trinajstić information content (AvgIpc) is 3.55. The van der Waals surface area contributed by atoms with Gasteiger partial charge in [0.2, 0.25) is 6.41 Å². The highest BCUT2D eigenvalue weighted by Gasteiger charge is 2.37. The summed E-state index contributed by atoms with van der Waals surface area (Å²) in [5, 5.41) is 12.7. The zero-order valence-corrected chi connectivity index (χ0v) is 19.7. The summed E-state index contributed by atoms with van der Waals surface area (Å²) in [6, 6.07) is 14.6. The number of fused-ring (bicyclic) bond motifs is 1. The quantitative estimate of drug-likeness (QED) is 0.398. The fourth-order valence-corrected chi connectivity index (χ4v) is 5.15. The van der Waals surface area contributed by atoms with Crippen molar-refractivity contribution in [2.45, 2.75) is 25.3 Å². The molecule has 5 rings (SSSR count). The number of aromatic amines is 1. The Hall–Kier alpha value is -3.49. The lowest BCUT2D eigenvalue weighted by atomic mass is 9.86. The molecule has 0 aliphatic carbocycles. The SMILES string of the molecule is CN(C=O)c1ccccc1C1(C)CNCCN1CCCc1c[nH]c2ccc(-n3cnnc3)cc12. The van der Waals surface area contributed by atoms with Gasteiger partial charge in [0.25, 0.3) is 0 Å². The molecule has 2 aromatic heterocycles. The molecule has 1 fully saturated rings. The van der Waals surface area contributed by atoms with Gasteiger partial charge in [-0.1, -0.05) is 18.2 Å². The Bertz CT molecular complexity index is 1270. The Kier molecular flexibility index (Phi) is 6.17. The van der Waals surface area contributed by atoms with Crippen LogP contribution in [0, 0.1) is 0 Å². The van der Waals surface area contributed by atoms with E-state index in [1.165, 1.54) is 16.5 Å². The molecule has 1 saturated heterocycles. The summed E-state index contributed by atoms with van der Waals surface area (Å²) in [4.78, 5) is 19.2. The van der Waals surface area contributed by atoms with Crippen LogP contribution in [-0.2, 0) is 16.8 Å². The number of nitrogens with one attached hydrogen (secondary N) is 2. The van der Waals surface area contributed by atoms with Gasteiger partial charge in [0.1, 0.15) is 12.7 Å². The van der Waals surface area contributed by atoms with Gasteiger partial charge in [-0.3, -0.25) is 14.3 Å². The van der Waals surface area contributed by atoms with E-state index in [0.717, 1.165) is 62.3 Å². The number of rotatable bonds is 8. The van der Waals surface area contributed by atoms with Gasteiger partial charge in [0, 0.05) is 55.2 Å². The molecule has 1 aliphatic heterocycles. The number of amides is 1. The molecule has 0 saturated carbocycles. The van der Waals surface area contributed by atoms with Crippen LogP contribution in [0.15, 0.2) is 61.3 Å². The fraction of sp³-hybridized carbons (Fsp3) is 0.346. The monoisotopic (exact) mass is 457 g/mol. The van der Waals surface area contributed by atoms with E-state index in [1.54, 1.807) is 17.6 Å². The van der Waals surface area contributed by atoms with Gasteiger partial charge >= 0.3 is 0 Å². The summed E-state index contributed by atoms with van der Waals surface area (Å²) in [5.41, 5.74) is 5.49. The highest BCUT2D eigenvalue weighted by Crippen LogP contribution is 2.36. The molecule has 1 aliphatic rings. The first-order chi connectivity index (χ1) is 16.6. The molecule has 2 aromatic carbocycles. The Labute approximate surface area is 199 Å². The lowest BCUT2D eigenvalue weighted by Gasteiger charge is -2.47. The summed E-state index contributed by atoms with van der Waals surface area (Å²) < 4.78 is 1.93. The second-order valence-electron chi connectivity index (χ2n) is 9.19. The number of piperazine rings is 1. The Morgan fingerprint density at radius 3 is 2.82 bits per heavy atom. The normalized spacial score (nSPS) is 18.9. The molecule has 1 atom stereocenters. The summed E-state index contributed by atoms with van der Waals surface area (Å²) in [5.74, 6) is 0. The number of aryl methyl sites for hydroxylation is 1. The van der Waals surface area contributed by atoms with E-state index >= 15 is 0 Å². The van der Waals surface area contributed by atoms with Crippen molar-refractivity contribution in [1.82, 2.24) is 30.0 Å². The molecular weight excluding hydrogens is 426 g/mol. The van der Waals surface area contributed by atoms with Crippen molar-refractivity contribution in [1.29, 1.82) is 0 Å².